The van der Waals surface area contributed by atoms with Crippen molar-refractivity contribution in [1.82, 2.24) is 0 Å². The number of hydrogen-bond donors (Lipinski definition) is 1. The summed E-state index contributed by atoms with van der Waals surface area (Å²) in [5, 5.41) is 10.2. The molecule has 0 atom stereocenters. The number of phenolic OH excluding ortho intramolecular Hbond substituents is 1. The van der Waals surface area contributed by atoms with E-state index in [9.17, 15) is 14.7 Å². The molecule has 2 heterocycles. The van der Waals surface area contributed by atoms with Crippen LogP contribution in [0.25, 0.3) is 0 Å². The van der Waals surface area contributed by atoms with Crippen LogP contribution in [0, 0.1) is 0 Å². The third-order valence-corrected chi connectivity index (χ3v) is 7.23. The van der Waals surface area contributed by atoms with E-state index in [1.807, 2.05) is 48.5 Å². The normalized spacial score (nSPS) is 13.1. The molecule has 4 aromatic rings. The summed E-state index contributed by atoms with van der Waals surface area (Å²) in [5.74, 6) is 3.47. The number of carbonyl (C=O) groups excluding carboxylic acids is 2. The van der Waals surface area contributed by atoms with E-state index in [1.54, 1.807) is 38.5 Å². The molecular weight excluding hydrogens is 580 g/mol. The fraction of sp³-hybridized carbons (Fsp3) is 0.257. The quantitative estimate of drug-likeness (QED) is 0.234. The Labute approximate surface area is 261 Å². The van der Waals surface area contributed by atoms with Crippen molar-refractivity contribution in [2.75, 3.05) is 34.5 Å². The molecule has 0 amide bonds. The van der Waals surface area contributed by atoms with Crippen LogP contribution >= 0.6 is 0 Å². The van der Waals surface area contributed by atoms with Gasteiger partial charge in [-0.05, 0) is 59.7 Å². The molecular formula is C35H34O10. The number of hydrogen-bond acceptors (Lipinski definition) is 10. The fourth-order valence-electron chi connectivity index (χ4n) is 4.78. The Morgan fingerprint density at radius 2 is 1.07 bits per heavy atom. The summed E-state index contributed by atoms with van der Waals surface area (Å²) in [6, 6.07) is 21.8. The van der Waals surface area contributed by atoms with Crippen molar-refractivity contribution in [2.24, 2.45) is 0 Å². The van der Waals surface area contributed by atoms with Crippen molar-refractivity contribution in [3.63, 3.8) is 0 Å². The zero-order chi connectivity index (χ0) is 31.8. The lowest BCUT2D eigenvalue weighted by Gasteiger charge is -2.21. The molecule has 0 unspecified atom stereocenters. The Morgan fingerprint density at radius 3 is 1.58 bits per heavy atom. The Bertz CT molecular complexity index is 1650. The SMILES string of the molecule is COc1ccc(COc2ccc3c(c2O)OCCC3=O)cc1.COc1ccc(COc2ccc3c(c2OC)OCCC3=O)cc1. The number of fused-ring (bicyclic) bond motifs is 2. The molecule has 0 spiro atoms. The summed E-state index contributed by atoms with van der Waals surface area (Å²) in [6.45, 7) is 1.32. The van der Waals surface area contributed by atoms with Crippen molar-refractivity contribution in [1.29, 1.82) is 0 Å². The Balaban J connectivity index is 0.000000178. The monoisotopic (exact) mass is 614 g/mol. The summed E-state index contributed by atoms with van der Waals surface area (Å²) in [5.41, 5.74) is 2.89. The molecule has 2 aliphatic rings. The molecule has 10 heteroatoms. The predicted molar refractivity (Wildman–Crippen MR) is 165 cm³/mol. The number of benzene rings is 4. The van der Waals surface area contributed by atoms with E-state index >= 15 is 0 Å². The van der Waals surface area contributed by atoms with Crippen LogP contribution in [0.3, 0.4) is 0 Å². The zero-order valence-corrected chi connectivity index (χ0v) is 25.3. The van der Waals surface area contributed by atoms with Gasteiger partial charge in [0.25, 0.3) is 0 Å². The molecule has 0 aromatic heterocycles. The first-order valence-electron chi connectivity index (χ1n) is 14.3. The van der Waals surface area contributed by atoms with E-state index in [0.717, 1.165) is 22.6 Å². The third kappa shape index (κ3) is 7.23. The first kappa shape index (κ1) is 31.1. The van der Waals surface area contributed by atoms with Gasteiger partial charge < -0.3 is 38.3 Å². The van der Waals surface area contributed by atoms with Crippen molar-refractivity contribution in [2.45, 2.75) is 26.1 Å². The smallest absolute Gasteiger partial charge is 0.204 e. The fourth-order valence-corrected chi connectivity index (χ4v) is 4.78. The molecule has 0 aliphatic carbocycles. The van der Waals surface area contributed by atoms with Crippen LogP contribution in [0.4, 0.5) is 0 Å². The van der Waals surface area contributed by atoms with Gasteiger partial charge in [-0.25, -0.2) is 0 Å². The summed E-state index contributed by atoms with van der Waals surface area (Å²) in [6.07, 6.45) is 0.723. The molecule has 2 aliphatic heterocycles. The number of methoxy groups -OCH3 is 3. The number of rotatable bonds is 9. The predicted octanol–water partition coefficient (Wildman–Crippen LogP) is 6.19. The van der Waals surface area contributed by atoms with Gasteiger partial charge in [0.2, 0.25) is 11.5 Å². The van der Waals surface area contributed by atoms with Gasteiger partial charge in [-0.1, -0.05) is 24.3 Å². The molecule has 0 fully saturated rings. The summed E-state index contributed by atoms with van der Waals surface area (Å²) < 4.78 is 38.0. The topological polar surface area (TPSA) is 119 Å². The summed E-state index contributed by atoms with van der Waals surface area (Å²) in [4.78, 5) is 23.7. The molecule has 0 saturated carbocycles. The number of Topliss-reactive ketones (excluding diaryl/α,β-unsaturated/α-hetero) is 2. The van der Waals surface area contributed by atoms with E-state index in [0.29, 0.717) is 66.8 Å². The van der Waals surface area contributed by atoms with Crippen LogP contribution in [0.5, 0.6) is 46.0 Å². The lowest BCUT2D eigenvalue weighted by molar-refractivity contribution is 0.0921. The highest BCUT2D eigenvalue weighted by molar-refractivity contribution is 6.01. The van der Waals surface area contributed by atoms with Crippen molar-refractivity contribution in [3.05, 3.63) is 95.1 Å². The molecule has 4 aromatic carbocycles. The second-order valence-corrected chi connectivity index (χ2v) is 10.1. The summed E-state index contributed by atoms with van der Waals surface area (Å²) >= 11 is 0. The number of ketones is 2. The lowest BCUT2D eigenvalue weighted by atomic mass is 10.0. The van der Waals surface area contributed by atoms with Crippen molar-refractivity contribution < 1.29 is 47.9 Å². The third-order valence-electron chi connectivity index (χ3n) is 7.23. The first-order valence-corrected chi connectivity index (χ1v) is 14.3. The minimum Gasteiger partial charge on any atom is -0.502 e. The Kier molecular flexibility index (Phi) is 9.93. The minimum absolute atomic E-state index is 0.0294. The maximum atomic E-state index is 11.9. The van der Waals surface area contributed by atoms with Crippen LogP contribution < -0.4 is 33.2 Å². The van der Waals surface area contributed by atoms with Gasteiger partial charge in [-0.2, -0.15) is 0 Å². The highest BCUT2D eigenvalue weighted by atomic mass is 16.5. The average molecular weight is 615 g/mol. The van der Waals surface area contributed by atoms with Crippen LogP contribution in [-0.4, -0.2) is 51.2 Å². The second-order valence-electron chi connectivity index (χ2n) is 10.1. The molecule has 0 bridgehead atoms. The van der Waals surface area contributed by atoms with Crippen LogP contribution in [0.1, 0.15) is 44.7 Å². The lowest BCUT2D eigenvalue weighted by Crippen LogP contribution is -2.16. The highest BCUT2D eigenvalue weighted by Gasteiger charge is 2.26. The van der Waals surface area contributed by atoms with E-state index in [2.05, 4.69) is 0 Å². The Hall–Kier alpha value is -5.38. The largest absolute Gasteiger partial charge is 0.502 e. The molecule has 45 heavy (non-hydrogen) atoms. The number of ether oxygens (including phenoxy) is 7. The summed E-state index contributed by atoms with van der Waals surface area (Å²) in [7, 11) is 4.78. The van der Waals surface area contributed by atoms with Gasteiger partial charge in [-0.15, -0.1) is 0 Å². The molecule has 1 N–H and O–H groups in total. The molecule has 234 valence electrons. The van der Waals surface area contributed by atoms with E-state index in [1.165, 1.54) is 7.11 Å². The van der Waals surface area contributed by atoms with Gasteiger partial charge in [0.1, 0.15) is 24.7 Å². The van der Waals surface area contributed by atoms with E-state index in [4.69, 9.17) is 33.2 Å². The van der Waals surface area contributed by atoms with Crippen LogP contribution in [0.15, 0.2) is 72.8 Å². The second kappa shape index (κ2) is 14.4. The van der Waals surface area contributed by atoms with Gasteiger partial charge in [-0.3, -0.25) is 9.59 Å². The zero-order valence-electron chi connectivity index (χ0n) is 25.3. The Morgan fingerprint density at radius 1 is 0.600 bits per heavy atom. The van der Waals surface area contributed by atoms with Gasteiger partial charge in [0.05, 0.1) is 45.7 Å². The first-order chi connectivity index (χ1) is 21.9. The van der Waals surface area contributed by atoms with Crippen LogP contribution in [-0.2, 0) is 13.2 Å². The molecule has 6 rings (SSSR count). The molecule has 10 nitrogen and oxygen atoms in total. The standard InChI is InChI=1S/C18H18O5.C17H16O5/c1-20-13-5-3-12(4-6-13)11-23-16-8-7-14-15(19)9-10-22-17(14)18(16)21-2;1-20-12-4-2-11(3-5-12)10-22-15-7-6-13-14(18)8-9-21-17(13)16(15)19/h3-8H,9-11H2,1-2H3;2-7,19H,8-10H2,1H3. The average Bonchev–Trinajstić information content (AvgIpc) is 3.08. The molecule has 0 radical (unpaired) electrons. The number of phenols is 1. The maximum Gasteiger partial charge on any atom is 0.204 e. The maximum absolute atomic E-state index is 11.9. The minimum atomic E-state index is -0.126. The number of carbonyl (C=O) groups is 2. The van der Waals surface area contributed by atoms with Gasteiger partial charge >= 0.3 is 0 Å². The van der Waals surface area contributed by atoms with E-state index < -0.39 is 0 Å². The van der Waals surface area contributed by atoms with Gasteiger partial charge in [0, 0.05) is 12.8 Å². The van der Waals surface area contributed by atoms with Gasteiger partial charge in [0.15, 0.2) is 34.6 Å². The highest BCUT2D eigenvalue weighted by Crippen LogP contribution is 2.43. The molecule has 0 saturated heterocycles. The van der Waals surface area contributed by atoms with Crippen molar-refractivity contribution in [3.8, 4) is 46.0 Å². The number of aromatic hydroxyl groups is 1. The van der Waals surface area contributed by atoms with Crippen molar-refractivity contribution >= 4 is 11.6 Å². The van der Waals surface area contributed by atoms with E-state index in [-0.39, 0.29) is 29.7 Å². The van der Waals surface area contributed by atoms with Crippen LogP contribution in [0.2, 0.25) is 0 Å².